The molecule has 5 heterocycles. The lowest BCUT2D eigenvalue weighted by molar-refractivity contribution is -0.165. The Kier molecular flexibility index (Phi) is 21.9. The van der Waals surface area contributed by atoms with E-state index in [1.54, 1.807) is 38.0 Å². The average Bonchev–Trinajstić information content (AvgIpc) is 3.86. The Bertz CT molecular complexity index is 2380. The lowest BCUT2D eigenvalue weighted by atomic mass is 10.1. The minimum Gasteiger partial charge on any atom is -0.479 e. The monoisotopic (exact) mass is 951 g/mol. The highest BCUT2D eigenvalue weighted by molar-refractivity contribution is 5.83. The molecule has 2 aromatic carbocycles. The Morgan fingerprint density at radius 3 is 1.12 bits per heavy atom. The number of aromatic nitrogens is 4. The fourth-order valence-electron chi connectivity index (χ4n) is 6.86. The Morgan fingerprint density at radius 1 is 0.507 bits per heavy atom. The van der Waals surface area contributed by atoms with Crippen molar-refractivity contribution in [3.8, 4) is 22.5 Å². The van der Waals surface area contributed by atoms with Crippen LogP contribution in [0.2, 0.25) is 0 Å². The SMILES string of the molecule is C1CNCCNCCNCCNC1.Cc1ccc(-c2nc3ccc(C)cn3c2CC(=O)N(C)C)cc1.Cc1ccc(-c2nc3ccc(C)cn3c2CC(=O)N(C)C)cc1.O=C(O)C(O)C(O)C(=O)O. The second-order valence-electron chi connectivity index (χ2n) is 17.3. The maximum Gasteiger partial charge on any atom is 0.335 e. The van der Waals surface area contributed by atoms with Crippen LogP contribution in [0.5, 0.6) is 0 Å². The molecule has 1 saturated heterocycles. The summed E-state index contributed by atoms with van der Waals surface area (Å²) in [5.41, 5.74) is 12.2. The van der Waals surface area contributed by atoms with Gasteiger partial charge in [-0.3, -0.25) is 9.59 Å². The summed E-state index contributed by atoms with van der Waals surface area (Å²) >= 11 is 0. The third-order valence-corrected chi connectivity index (χ3v) is 11.0. The van der Waals surface area contributed by atoms with Crippen LogP contribution in [0.1, 0.15) is 40.1 Å². The highest BCUT2D eigenvalue weighted by atomic mass is 16.4. The number of benzene rings is 2. The largest absolute Gasteiger partial charge is 0.479 e. The number of amides is 2. The molecule has 18 heteroatoms. The molecule has 8 N–H and O–H groups in total. The second kappa shape index (κ2) is 27.5. The minimum atomic E-state index is -2.27. The standard InChI is InChI=1S/2C19H21N3O.C9H22N4.C4H6O6/c2*1-13-5-8-15(9-6-13)19-16(11-18(23)21(3)4)22-12-14(2)7-10-17(22)20-19;1-2-10-4-6-12-8-9-13-7-5-11-3-1;5-1(3(7)8)2(6)4(9)10/h2*5-10,12H,11H2,1-4H3;10-13H,1-9H2;1-2,5-6H,(H,7,8)(H,9,10). The number of carbonyl (C=O) groups is 4. The fourth-order valence-corrected chi connectivity index (χ4v) is 6.86. The summed E-state index contributed by atoms with van der Waals surface area (Å²) in [6.07, 6.45) is 1.44. The summed E-state index contributed by atoms with van der Waals surface area (Å²) in [6, 6.07) is 24.6. The van der Waals surface area contributed by atoms with E-state index in [1.807, 2.05) is 59.3 Å². The van der Waals surface area contributed by atoms with Crippen LogP contribution in [-0.4, -0.2) is 166 Å². The van der Waals surface area contributed by atoms with Crippen molar-refractivity contribution in [3.05, 3.63) is 119 Å². The molecule has 2 unspecified atom stereocenters. The van der Waals surface area contributed by atoms with E-state index in [2.05, 4.69) is 83.6 Å². The lowest BCUT2D eigenvalue weighted by Gasteiger charge is -2.11. The van der Waals surface area contributed by atoms with Crippen LogP contribution >= 0.6 is 0 Å². The van der Waals surface area contributed by atoms with Gasteiger partial charge in [0.1, 0.15) is 11.3 Å². The van der Waals surface area contributed by atoms with Crippen molar-refractivity contribution in [2.24, 2.45) is 0 Å². The molecule has 18 nitrogen and oxygen atoms in total. The van der Waals surface area contributed by atoms with Gasteiger partial charge < -0.3 is 60.3 Å². The third-order valence-electron chi connectivity index (χ3n) is 11.0. The number of hydrogen-bond acceptors (Lipinski definition) is 12. The Labute approximate surface area is 404 Å². The van der Waals surface area contributed by atoms with Gasteiger partial charge in [-0.1, -0.05) is 71.8 Å². The van der Waals surface area contributed by atoms with Gasteiger partial charge in [0.2, 0.25) is 11.8 Å². The number of nitrogens with one attached hydrogen (secondary N) is 4. The quantitative estimate of drug-likeness (QED) is 0.104. The van der Waals surface area contributed by atoms with Crippen molar-refractivity contribution < 1.29 is 39.6 Å². The normalized spacial score (nSPS) is 14.1. The summed E-state index contributed by atoms with van der Waals surface area (Å²) < 4.78 is 4.07. The predicted octanol–water partition coefficient (Wildman–Crippen LogP) is 3.12. The number of carboxylic acids is 2. The van der Waals surface area contributed by atoms with E-state index in [0.29, 0.717) is 12.8 Å². The van der Waals surface area contributed by atoms with Crippen LogP contribution in [0.4, 0.5) is 0 Å². The first-order chi connectivity index (χ1) is 32.9. The first kappa shape index (κ1) is 55.1. The van der Waals surface area contributed by atoms with E-state index in [9.17, 15) is 19.2 Å². The maximum atomic E-state index is 12.3. The van der Waals surface area contributed by atoms with Crippen molar-refractivity contribution in [2.45, 2.75) is 59.2 Å². The molecule has 7 rings (SSSR count). The van der Waals surface area contributed by atoms with Gasteiger partial charge in [0.15, 0.2) is 12.2 Å². The summed E-state index contributed by atoms with van der Waals surface area (Å²) in [7, 11) is 7.12. The van der Waals surface area contributed by atoms with Crippen molar-refractivity contribution >= 4 is 35.0 Å². The van der Waals surface area contributed by atoms with Crippen LogP contribution in [0.15, 0.2) is 85.2 Å². The number of fused-ring (bicyclic) bond motifs is 2. The number of hydrogen-bond donors (Lipinski definition) is 8. The summed E-state index contributed by atoms with van der Waals surface area (Å²) in [4.78, 5) is 56.8. The van der Waals surface area contributed by atoms with Crippen LogP contribution < -0.4 is 21.3 Å². The van der Waals surface area contributed by atoms with Crippen molar-refractivity contribution in [2.75, 3.05) is 80.5 Å². The first-order valence-electron chi connectivity index (χ1n) is 23.0. The lowest BCUT2D eigenvalue weighted by Crippen LogP contribution is -2.39. The van der Waals surface area contributed by atoms with Crippen molar-refractivity contribution in [1.29, 1.82) is 0 Å². The van der Waals surface area contributed by atoms with Crippen molar-refractivity contribution in [1.82, 2.24) is 49.8 Å². The van der Waals surface area contributed by atoms with Gasteiger partial charge in [0.05, 0.1) is 35.6 Å². The highest BCUT2D eigenvalue weighted by Crippen LogP contribution is 2.27. The number of aryl methyl sites for hydroxylation is 4. The van der Waals surface area contributed by atoms with E-state index >= 15 is 0 Å². The van der Waals surface area contributed by atoms with E-state index in [4.69, 9.17) is 30.4 Å². The van der Waals surface area contributed by atoms with Gasteiger partial charge in [-0.25, -0.2) is 19.6 Å². The Hall–Kier alpha value is -6.54. The smallest absolute Gasteiger partial charge is 0.335 e. The maximum absolute atomic E-state index is 12.3. The number of rotatable bonds is 9. The van der Waals surface area contributed by atoms with Gasteiger partial charge in [-0.15, -0.1) is 0 Å². The molecule has 1 fully saturated rings. The molecular weight excluding hydrogens is 881 g/mol. The van der Waals surface area contributed by atoms with Crippen LogP contribution in [0.3, 0.4) is 0 Å². The molecule has 0 radical (unpaired) electrons. The van der Waals surface area contributed by atoms with Crippen LogP contribution in [-0.2, 0) is 32.0 Å². The number of carboxylic acid groups (broad SMARTS) is 2. The zero-order valence-corrected chi connectivity index (χ0v) is 41.1. The molecule has 2 atom stereocenters. The van der Waals surface area contributed by atoms with E-state index in [1.165, 1.54) is 17.5 Å². The predicted molar refractivity (Wildman–Crippen MR) is 268 cm³/mol. The van der Waals surface area contributed by atoms with E-state index in [0.717, 1.165) is 109 Å². The molecule has 0 spiro atoms. The van der Waals surface area contributed by atoms with Gasteiger partial charge >= 0.3 is 11.9 Å². The molecule has 372 valence electrons. The second-order valence-corrected chi connectivity index (χ2v) is 17.3. The summed E-state index contributed by atoms with van der Waals surface area (Å²) in [5.74, 6) is -3.40. The number of nitrogens with zero attached hydrogens (tertiary/aromatic N) is 6. The van der Waals surface area contributed by atoms with Gasteiger partial charge in [-0.2, -0.15) is 0 Å². The minimum absolute atomic E-state index is 0.0710. The van der Waals surface area contributed by atoms with Gasteiger partial charge in [0, 0.05) is 91.0 Å². The summed E-state index contributed by atoms with van der Waals surface area (Å²) in [5, 5.41) is 46.1. The molecule has 4 aromatic heterocycles. The highest BCUT2D eigenvalue weighted by Gasteiger charge is 2.29. The number of likely N-dealkylation sites (N-methyl/N-ethyl adjacent to an activating group) is 2. The number of aliphatic hydroxyl groups is 2. The molecule has 1 aliphatic heterocycles. The molecule has 0 aliphatic carbocycles. The van der Waals surface area contributed by atoms with Gasteiger partial charge in [-0.05, 0) is 70.5 Å². The zero-order valence-electron chi connectivity index (χ0n) is 41.1. The molecule has 0 bridgehead atoms. The molecule has 6 aromatic rings. The van der Waals surface area contributed by atoms with Crippen LogP contribution in [0, 0.1) is 27.7 Å². The Morgan fingerprint density at radius 2 is 0.812 bits per heavy atom. The van der Waals surface area contributed by atoms with Gasteiger partial charge in [0.25, 0.3) is 0 Å². The molecular formula is C51H70N10O8. The van der Waals surface area contributed by atoms with Crippen molar-refractivity contribution in [3.63, 3.8) is 0 Å². The number of imidazole rings is 2. The average molecular weight is 951 g/mol. The first-order valence-corrected chi connectivity index (χ1v) is 23.0. The number of pyridine rings is 2. The third kappa shape index (κ3) is 17.2. The van der Waals surface area contributed by atoms with Crippen LogP contribution in [0.25, 0.3) is 33.8 Å². The van der Waals surface area contributed by atoms with E-state index < -0.39 is 24.1 Å². The number of carbonyl (C=O) groups excluding carboxylic acids is 2. The van der Waals surface area contributed by atoms with E-state index in [-0.39, 0.29) is 11.8 Å². The molecule has 1 aliphatic rings. The summed E-state index contributed by atoms with van der Waals surface area (Å²) in [6.45, 7) is 16.9. The molecule has 2 amide bonds. The topological polar surface area (TPSA) is 238 Å². The number of aliphatic carboxylic acids is 2. The fraction of sp³-hybridized carbons (Fsp3) is 0.412. The Balaban J connectivity index is 0.000000212. The molecule has 69 heavy (non-hydrogen) atoms. The zero-order chi connectivity index (χ0) is 50.6. The molecule has 0 saturated carbocycles. The number of aliphatic hydroxyl groups excluding tert-OH is 2.